The SMILES string of the molecule is C1CCC(c2noc(C3COCCO3)n2)NC1. The van der Waals surface area contributed by atoms with Crippen molar-refractivity contribution in [2.45, 2.75) is 31.4 Å². The maximum Gasteiger partial charge on any atom is 0.258 e. The second-order valence-electron chi connectivity index (χ2n) is 4.43. The Hall–Kier alpha value is -0.980. The molecule has 2 aliphatic rings. The van der Waals surface area contributed by atoms with Crippen molar-refractivity contribution in [1.29, 1.82) is 0 Å². The Morgan fingerprint density at radius 2 is 2.24 bits per heavy atom. The molecule has 0 radical (unpaired) electrons. The van der Waals surface area contributed by atoms with Crippen LogP contribution < -0.4 is 5.32 Å². The molecule has 0 spiro atoms. The van der Waals surface area contributed by atoms with Gasteiger partial charge < -0.3 is 19.3 Å². The van der Waals surface area contributed by atoms with Gasteiger partial charge in [-0.3, -0.25) is 0 Å². The highest BCUT2D eigenvalue weighted by Crippen LogP contribution is 2.24. The van der Waals surface area contributed by atoms with E-state index in [1.807, 2.05) is 0 Å². The van der Waals surface area contributed by atoms with Crippen molar-refractivity contribution in [3.63, 3.8) is 0 Å². The van der Waals surface area contributed by atoms with Gasteiger partial charge in [0.2, 0.25) is 0 Å². The number of nitrogens with one attached hydrogen (secondary N) is 1. The quantitative estimate of drug-likeness (QED) is 0.829. The Labute approximate surface area is 99.7 Å². The van der Waals surface area contributed by atoms with Crippen molar-refractivity contribution in [3.05, 3.63) is 11.7 Å². The van der Waals surface area contributed by atoms with Crippen LogP contribution in [-0.4, -0.2) is 36.5 Å². The van der Waals surface area contributed by atoms with Gasteiger partial charge in [0.1, 0.15) is 0 Å². The van der Waals surface area contributed by atoms with Crippen molar-refractivity contribution < 1.29 is 14.0 Å². The number of piperidine rings is 1. The molecule has 1 aromatic rings. The van der Waals surface area contributed by atoms with Crippen LogP contribution in [0.5, 0.6) is 0 Å². The number of hydrogen-bond acceptors (Lipinski definition) is 6. The van der Waals surface area contributed by atoms with Crippen LogP contribution in [0.25, 0.3) is 0 Å². The van der Waals surface area contributed by atoms with Gasteiger partial charge >= 0.3 is 0 Å². The molecular weight excluding hydrogens is 222 g/mol. The van der Waals surface area contributed by atoms with Crippen LogP contribution in [0.1, 0.15) is 43.1 Å². The van der Waals surface area contributed by atoms with Crippen molar-refractivity contribution in [1.82, 2.24) is 15.5 Å². The summed E-state index contributed by atoms with van der Waals surface area (Å²) in [6.45, 7) is 2.75. The maximum absolute atomic E-state index is 5.52. The van der Waals surface area contributed by atoms with E-state index in [9.17, 15) is 0 Å². The molecule has 2 saturated heterocycles. The Balaban J connectivity index is 1.68. The predicted molar refractivity (Wildman–Crippen MR) is 58.4 cm³/mol. The van der Waals surface area contributed by atoms with E-state index in [-0.39, 0.29) is 12.1 Å². The normalized spacial score (nSPS) is 30.4. The highest BCUT2D eigenvalue weighted by atomic mass is 16.6. The van der Waals surface area contributed by atoms with Crippen LogP contribution in [0.3, 0.4) is 0 Å². The van der Waals surface area contributed by atoms with Gasteiger partial charge in [0.25, 0.3) is 5.89 Å². The van der Waals surface area contributed by atoms with Crippen molar-refractivity contribution in [3.8, 4) is 0 Å². The van der Waals surface area contributed by atoms with E-state index in [0.717, 1.165) is 18.8 Å². The van der Waals surface area contributed by atoms with E-state index in [1.54, 1.807) is 0 Å². The van der Waals surface area contributed by atoms with Gasteiger partial charge in [-0.1, -0.05) is 11.6 Å². The molecule has 0 aliphatic carbocycles. The monoisotopic (exact) mass is 239 g/mol. The van der Waals surface area contributed by atoms with E-state index in [2.05, 4.69) is 15.5 Å². The molecule has 3 heterocycles. The lowest BCUT2D eigenvalue weighted by atomic mass is 10.0. The zero-order valence-corrected chi connectivity index (χ0v) is 9.72. The van der Waals surface area contributed by atoms with E-state index >= 15 is 0 Å². The first-order valence-electron chi connectivity index (χ1n) is 6.20. The summed E-state index contributed by atoms with van der Waals surface area (Å²) in [4.78, 5) is 4.41. The lowest BCUT2D eigenvalue weighted by Gasteiger charge is -2.20. The highest BCUT2D eigenvalue weighted by Gasteiger charge is 2.26. The molecule has 17 heavy (non-hydrogen) atoms. The molecule has 0 amide bonds. The molecule has 2 aliphatic heterocycles. The molecule has 6 nitrogen and oxygen atoms in total. The fourth-order valence-corrected chi connectivity index (χ4v) is 2.22. The fraction of sp³-hybridized carbons (Fsp3) is 0.818. The molecule has 94 valence electrons. The van der Waals surface area contributed by atoms with Crippen LogP contribution >= 0.6 is 0 Å². The number of aromatic nitrogens is 2. The van der Waals surface area contributed by atoms with Gasteiger partial charge in [-0.05, 0) is 19.4 Å². The van der Waals surface area contributed by atoms with Crippen LogP contribution in [0.2, 0.25) is 0 Å². The standard InChI is InChI=1S/C11H17N3O3/c1-2-4-12-8(3-1)10-13-11(17-14-10)9-7-15-5-6-16-9/h8-9,12H,1-7H2. The molecule has 1 aromatic heterocycles. The fourth-order valence-electron chi connectivity index (χ4n) is 2.22. The van der Waals surface area contributed by atoms with E-state index in [0.29, 0.717) is 25.7 Å². The third kappa shape index (κ3) is 2.48. The van der Waals surface area contributed by atoms with E-state index < -0.39 is 0 Å². The third-order valence-corrected chi connectivity index (χ3v) is 3.17. The smallest absolute Gasteiger partial charge is 0.258 e. The Kier molecular flexibility index (Phi) is 3.35. The molecule has 6 heteroatoms. The van der Waals surface area contributed by atoms with Crippen molar-refractivity contribution in [2.75, 3.05) is 26.4 Å². The van der Waals surface area contributed by atoms with Crippen LogP contribution in [0.4, 0.5) is 0 Å². The summed E-state index contributed by atoms with van der Waals surface area (Å²) >= 11 is 0. The van der Waals surface area contributed by atoms with Crippen LogP contribution in [0, 0.1) is 0 Å². The molecule has 2 fully saturated rings. The highest BCUT2D eigenvalue weighted by molar-refractivity contribution is 4.98. The molecule has 1 N–H and O–H groups in total. The lowest BCUT2D eigenvalue weighted by Crippen LogP contribution is -2.27. The summed E-state index contributed by atoms with van der Waals surface area (Å²) in [7, 11) is 0. The van der Waals surface area contributed by atoms with Gasteiger partial charge in [0, 0.05) is 0 Å². The third-order valence-electron chi connectivity index (χ3n) is 3.17. The summed E-state index contributed by atoms with van der Waals surface area (Å²) in [6, 6.07) is 0.228. The average molecular weight is 239 g/mol. The largest absolute Gasteiger partial charge is 0.376 e. The first-order valence-corrected chi connectivity index (χ1v) is 6.20. The molecule has 3 rings (SSSR count). The number of rotatable bonds is 2. The zero-order chi connectivity index (χ0) is 11.5. The van der Waals surface area contributed by atoms with E-state index in [4.69, 9.17) is 14.0 Å². The summed E-state index contributed by atoms with van der Waals surface area (Å²) in [6.07, 6.45) is 3.31. The maximum atomic E-state index is 5.52. The minimum Gasteiger partial charge on any atom is -0.376 e. The minimum atomic E-state index is -0.200. The average Bonchev–Trinajstić information content (AvgIpc) is 2.90. The second-order valence-corrected chi connectivity index (χ2v) is 4.43. The molecule has 0 aromatic carbocycles. The van der Waals surface area contributed by atoms with Crippen LogP contribution in [0.15, 0.2) is 4.52 Å². The molecule has 2 unspecified atom stereocenters. The van der Waals surface area contributed by atoms with Gasteiger partial charge in [0.15, 0.2) is 11.9 Å². The second kappa shape index (κ2) is 5.12. The summed E-state index contributed by atoms with van der Waals surface area (Å²) in [5, 5.41) is 7.43. The predicted octanol–water partition coefficient (Wildman–Crippen LogP) is 0.972. The minimum absolute atomic E-state index is 0.200. The topological polar surface area (TPSA) is 69.4 Å². The van der Waals surface area contributed by atoms with Gasteiger partial charge in [-0.2, -0.15) is 4.98 Å². The van der Waals surface area contributed by atoms with E-state index in [1.165, 1.54) is 12.8 Å². The molecular formula is C11H17N3O3. The summed E-state index contributed by atoms with van der Waals surface area (Å²) in [5.74, 6) is 1.28. The van der Waals surface area contributed by atoms with Crippen LogP contribution in [-0.2, 0) is 9.47 Å². The summed E-state index contributed by atoms with van der Waals surface area (Å²) < 4.78 is 16.1. The first-order chi connectivity index (χ1) is 8.43. The number of nitrogens with zero attached hydrogens (tertiary/aromatic N) is 2. The number of hydrogen-bond donors (Lipinski definition) is 1. The van der Waals surface area contributed by atoms with Gasteiger partial charge in [0.05, 0.1) is 25.9 Å². The van der Waals surface area contributed by atoms with Crippen molar-refractivity contribution >= 4 is 0 Å². The molecule has 0 saturated carbocycles. The summed E-state index contributed by atoms with van der Waals surface area (Å²) in [5.41, 5.74) is 0. The zero-order valence-electron chi connectivity index (χ0n) is 9.72. The number of ether oxygens (including phenoxy) is 2. The Morgan fingerprint density at radius 3 is 3.00 bits per heavy atom. The first kappa shape index (κ1) is 11.1. The van der Waals surface area contributed by atoms with Gasteiger partial charge in [-0.15, -0.1) is 0 Å². The molecule has 0 bridgehead atoms. The Bertz CT molecular complexity index is 324. The lowest BCUT2D eigenvalue weighted by molar-refractivity contribution is -0.101. The Morgan fingerprint density at radius 1 is 1.24 bits per heavy atom. The molecule has 2 atom stereocenters. The van der Waals surface area contributed by atoms with Crippen molar-refractivity contribution in [2.24, 2.45) is 0 Å². The van der Waals surface area contributed by atoms with Gasteiger partial charge in [-0.25, -0.2) is 0 Å².